The van der Waals surface area contributed by atoms with Crippen molar-refractivity contribution in [3.05, 3.63) is 29.8 Å². The van der Waals surface area contributed by atoms with Crippen molar-refractivity contribution in [3.8, 4) is 0 Å². The summed E-state index contributed by atoms with van der Waals surface area (Å²) >= 11 is 0. The third-order valence-corrected chi connectivity index (χ3v) is 3.79. The Morgan fingerprint density at radius 1 is 1.44 bits per heavy atom. The molecule has 0 saturated heterocycles. The summed E-state index contributed by atoms with van der Waals surface area (Å²) in [6.45, 7) is 0.852. The molecule has 1 aliphatic rings. The molecule has 0 aliphatic heterocycles. The number of aromatic nitrogens is 1. The lowest BCUT2D eigenvalue weighted by atomic mass is 10.1. The third kappa shape index (κ3) is 3.50. The highest BCUT2D eigenvalue weighted by molar-refractivity contribution is 5.07. The third-order valence-electron chi connectivity index (χ3n) is 3.79. The molecular weight excluding hydrogens is 231 g/mol. The number of nitrogens with zero attached hydrogens (tertiary/aromatic N) is 2. The molecule has 0 bridgehead atoms. The average Bonchev–Trinajstić information content (AvgIpc) is 2.90. The van der Waals surface area contributed by atoms with Crippen molar-refractivity contribution in [1.82, 2.24) is 9.88 Å². The quantitative estimate of drug-likeness (QED) is 0.874. The number of rotatable bonds is 5. The van der Waals surface area contributed by atoms with Crippen LogP contribution in [-0.4, -0.2) is 34.6 Å². The van der Waals surface area contributed by atoms with Crippen LogP contribution >= 0.6 is 0 Å². The number of halogens is 1. The van der Waals surface area contributed by atoms with Crippen LogP contribution < -0.4 is 0 Å². The molecule has 2 rings (SSSR count). The molecule has 1 N–H and O–H groups in total. The van der Waals surface area contributed by atoms with Gasteiger partial charge >= 0.3 is 0 Å². The summed E-state index contributed by atoms with van der Waals surface area (Å²) in [6, 6.07) is 3.56. The second-order valence-corrected chi connectivity index (χ2v) is 5.12. The Kier molecular flexibility index (Phi) is 4.66. The Morgan fingerprint density at radius 2 is 2.17 bits per heavy atom. The lowest BCUT2D eigenvalue weighted by Crippen LogP contribution is -2.30. The summed E-state index contributed by atoms with van der Waals surface area (Å²) in [5.74, 6) is -0.367. The van der Waals surface area contributed by atoms with Gasteiger partial charge in [0.2, 0.25) is 0 Å². The fraction of sp³-hybridized carbons (Fsp3) is 0.643. The molecule has 18 heavy (non-hydrogen) atoms. The smallest absolute Gasteiger partial charge is 0.141 e. The van der Waals surface area contributed by atoms with E-state index in [1.54, 1.807) is 6.07 Å². The lowest BCUT2D eigenvalue weighted by molar-refractivity contribution is 0.133. The van der Waals surface area contributed by atoms with E-state index in [1.165, 1.54) is 31.7 Å². The van der Waals surface area contributed by atoms with Gasteiger partial charge in [0.25, 0.3) is 0 Å². The molecule has 1 fully saturated rings. The van der Waals surface area contributed by atoms with Gasteiger partial charge in [-0.1, -0.05) is 12.8 Å². The predicted octanol–water partition coefficient (Wildman–Crippen LogP) is 2.52. The zero-order valence-electron chi connectivity index (χ0n) is 10.8. The Balaban J connectivity index is 1.80. The first-order valence-corrected chi connectivity index (χ1v) is 6.66. The fourth-order valence-electron chi connectivity index (χ4n) is 2.59. The Hall–Kier alpha value is -1.00. The maximum atomic E-state index is 12.7. The minimum absolute atomic E-state index is 0.367. The molecule has 3 nitrogen and oxygen atoms in total. The van der Waals surface area contributed by atoms with Crippen molar-refractivity contribution in [2.75, 3.05) is 13.6 Å². The van der Waals surface area contributed by atoms with E-state index in [0.717, 1.165) is 12.7 Å². The molecule has 1 aromatic heterocycles. The number of aliphatic hydroxyl groups is 1. The van der Waals surface area contributed by atoms with Gasteiger partial charge in [-0.15, -0.1) is 0 Å². The monoisotopic (exact) mass is 252 g/mol. The largest absolute Gasteiger partial charge is 0.387 e. The Bertz CT molecular complexity index is 363. The second-order valence-electron chi connectivity index (χ2n) is 5.12. The topological polar surface area (TPSA) is 36.4 Å². The van der Waals surface area contributed by atoms with Crippen molar-refractivity contribution in [2.45, 2.75) is 44.2 Å². The van der Waals surface area contributed by atoms with E-state index in [9.17, 15) is 9.50 Å². The highest BCUT2D eigenvalue weighted by Crippen LogP contribution is 2.23. The molecular formula is C14H21FN2O. The molecule has 1 heterocycles. The number of hydrogen-bond donors (Lipinski definition) is 1. The van der Waals surface area contributed by atoms with Crippen LogP contribution in [0.25, 0.3) is 0 Å². The van der Waals surface area contributed by atoms with E-state index < -0.39 is 6.10 Å². The van der Waals surface area contributed by atoms with Gasteiger partial charge in [0.15, 0.2) is 0 Å². The Labute approximate surface area is 108 Å². The van der Waals surface area contributed by atoms with Crippen LogP contribution in [0.4, 0.5) is 4.39 Å². The normalized spacial score (nSPS) is 18.4. The predicted molar refractivity (Wildman–Crippen MR) is 68.7 cm³/mol. The molecule has 1 aliphatic carbocycles. The van der Waals surface area contributed by atoms with Crippen LogP contribution in [0.1, 0.15) is 43.9 Å². The summed E-state index contributed by atoms with van der Waals surface area (Å²) < 4.78 is 12.7. The van der Waals surface area contributed by atoms with Crippen LogP contribution in [0.15, 0.2) is 18.3 Å². The van der Waals surface area contributed by atoms with Gasteiger partial charge < -0.3 is 10.0 Å². The zero-order valence-corrected chi connectivity index (χ0v) is 10.8. The van der Waals surface area contributed by atoms with E-state index in [4.69, 9.17) is 0 Å². The number of aliphatic hydroxyl groups excluding tert-OH is 1. The van der Waals surface area contributed by atoms with Crippen molar-refractivity contribution in [3.63, 3.8) is 0 Å². The van der Waals surface area contributed by atoms with E-state index >= 15 is 0 Å². The van der Waals surface area contributed by atoms with E-state index in [0.29, 0.717) is 18.2 Å². The number of hydrogen-bond acceptors (Lipinski definition) is 3. The minimum Gasteiger partial charge on any atom is -0.387 e. The molecule has 0 spiro atoms. The molecule has 100 valence electrons. The average molecular weight is 252 g/mol. The van der Waals surface area contributed by atoms with Crippen molar-refractivity contribution in [1.29, 1.82) is 0 Å². The van der Waals surface area contributed by atoms with Crippen LogP contribution in [-0.2, 0) is 0 Å². The molecule has 1 atom stereocenters. The summed E-state index contributed by atoms with van der Waals surface area (Å²) in [5.41, 5.74) is 0.552. The zero-order chi connectivity index (χ0) is 13.0. The molecule has 1 saturated carbocycles. The molecule has 1 unspecified atom stereocenters. The first-order valence-electron chi connectivity index (χ1n) is 6.66. The maximum absolute atomic E-state index is 12.7. The van der Waals surface area contributed by atoms with Crippen molar-refractivity contribution >= 4 is 0 Å². The van der Waals surface area contributed by atoms with Crippen molar-refractivity contribution < 1.29 is 9.50 Å². The number of pyridine rings is 1. The Morgan fingerprint density at radius 3 is 2.78 bits per heavy atom. The highest BCUT2D eigenvalue weighted by atomic mass is 19.1. The fourth-order valence-corrected chi connectivity index (χ4v) is 2.59. The molecule has 4 heteroatoms. The van der Waals surface area contributed by atoms with E-state index in [-0.39, 0.29) is 5.82 Å². The van der Waals surface area contributed by atoms with Gasteiger partial charge in [0.05, 0.1) is 18.0 Å². The second kappa shape index (κ2) is 6.25. The van der Waals surface area contributed by atoms with Gasteiger partial charge in [-0.3, -0.25) is 4.98 Å². The summed E-state index contributed by atoms with van der Waals surface area (Å²) in [5, 5.41) is 9.99. The van der Waals surface area contributed by atoms with Crippen LogP contribution in [0.3, 0.4) is 0 Å². The summed E-state index contributed by atoms with van der Waals surface area (Å²) in [4.78, 5) is 6.23. The van der Waals surface area contributed by atoms with E-state index in [1.807, 2.05) is 0 Å². The molecule has 0 aromatic carbocycles. The van der Waals surface area contributed by atoms with Gasteiger partial charge in [-0.05, 0) is 38.4 Å². The minimum atomic E-state index is -0.602. The summed E-state index contributed by atoms with van der Waals surface area (Å²) in [7, 11) is 2.11. The first kappa shape index (κ1) is 13.4. The maximum Gasteiger partial charge on any atom is 0.141 e. The standard InChI is InChI=1S/C14H21FN2O/c1-17(12-4-2-3-5-12)9-8-14(18)13-7-6-11(15)10-16-13/h6-7,10,12,14,18H,2-5,8-9H2,1H3. The van der Waals surface area contributed by atoms with Gasteiger partial charge in [0, 0.05) is 12.6 Å². The van der Waals surface area contributed by atoms with Gasteiger partial charge in [-0.2, -0.15) is 0 Å². The lowest BCUT2D eigenvalue weighted by Gasteiger charge is -2.24. The molecule has 0 amide bonds. The van der Waals surface area contributed by atoms with Crippen molar-refractivity contribution in [2.24, 2.45) is 0 Å². The van der Waals surface area contributed by atoms with Crippen LogP contribution in [0.2, 0.25) is 0 Å². The SMILES string of the molecule is CN(CCC(O)c1ccc(F)cn1)C1CCCC1. The van der Waals surface area contributed by atoms with Gasteiger partial charge in [0.1, 0.15) is 5.82 Å². The van der Waals surface area contributed by atoms with Crippen LogP contribution in [0, 0.1) is 5.82 Å². The summed E-state index contributed by atoms with van der Waals surface area (Å²) in [6.07, 6.45) is 6.36. The van der Waals surface area contributed by atoms with E-state index in [2.05, 4.69) is 16.9 Å². The highest BCUT2D eigenvalue weighted by Gasteiger charge is 2.20. The first-order chi connectivity index (χ1) is 8.66. The molecule has 0 radical (unpaired) electrons. The molecule has 1 aromatic rings. The van der Waals surface area contributed by atoms with Gasteiger partial charge in [-0.25, -0.2) is 4.39 Å². The van der Waals surface area contributed by atoms with Crippen LogP contribution in [0.5, 0.6) is 0 Å².